The summed E-state index contributed by atoms with van der Waals surface area (Å²) in [5, 5.41) is 19.5. The van der Waals surface area contributed by atoms with E-state index in [4.69, 9.17) is 5.11 Å². The Hall–Kier alpha value is -2.74. The number of carboxylic acids is 1. The Morgan fingerprint density at radius 1 is 1.14 bits per heavy atom. The van der Waals surface area contributed by atoms with Crippen LogP contribution < -0.4 is 5.32 Å². The third-order valence-corrected chi connectivity index (χ3v) is 5.72. The van der Waals surface area contributed by atoms with Crippen LogP contribution in [0.5, 0.6) is 0 Å². The molecule has 3 unspecified atom stereocenters. The number of rotatable bonds is 4. The number of hydrogen-bond donors (Lipinski definition) is 3. The van der Waals surface area contributed by atoms with Crippen LogP contribution >= 0.6 is 0 Å². The molecule has 2 aliphatic rings. The van der Waals surface area contributed by atoms with Crippen LogP contribution in [0, 0.1) is 5.92 Å². The van der Waals surface area contributed by atoms with E-state index in [1.807, 2.05) is 35.2 Å². The minimum absolute atomic E-state index is 0.115. The van der Waals surface area contributed by atoms with Crippen molar-refractivity contribution in [1.82, 2.24) is 25.4 Å². The van der Waals surface area contributed by atoms with Crippen molar-refractivity contribution < 1.29 is 14.7 Å². The number of amides is 1. The molecule has 28 heavy (non-hydrogen) atoms. The molecule has 3 heterocycles. The lowest BCUT2D eigenvalue weighted by Gasteiger charge is -2.36. The molecule has 0 bridgehead atoms. The number of aromatic nitrogens is 3. The van der Waals surface area contributed by atoms with Gasteiger partial charge in [-0.25, -0.2) is 4.98 Å². The summed E-state index contributed by atoms with van der Waals surface area (Å²) in [6.45, 7) is 1.80. The number of carbonyl (C=O) groups excluding carboxylic acids is 1. The Balaban J connectivity index is 1.39. The Labute approximate surface area is 163 Å². The van der Waals surface area contributed by atoms with E-state index in [0.29, 0.717) is 31.8 Å². The van der Waals surface area contributed by atoms with Gasteiger partial charge in [-0.2, -0.15) is 5.10 Å². The molecule has 2 aliphatic heterocycles. The second-order valence-corrected chi connectivity index (χ2v) is 7.61. The number of carboxylic acid groups (broad SMARTS) is 1. The fraction of sp³-hybridized carbons (Fsp3) is 0.500. The summed E-state index contributed by atoms with van der Waals surface area (Å²) in [6.07, 6.45) is 3.00. The van der Waals surface area contributed by atoms with Crippen LogP contribution in [0.4, 0.5) is 0 Å². The van der Waals surface area contributed by atoms with Crippen LogP contribution in [0.15, 0.2) is 30.3 Å². The highest BCUT2D eigenvalue weighted by Crippen LogP contribution is 2.28. The van der Waals surface area contributed by atoms with Gasteiger partial charge < -0.3 is 15.3 Å². The van der Waals surface area contributed by atoms with Crippen LogP contribution in [-0.2, 0) is 9.59 Å². The van der Waals surface area contributed by atoms with Crippen molar-refractivity contribution in [3.63, 3.8) is 0 Å². The van der Waals surface area contributed by atoms with E-state index < -0.39 is 12.0 Å². The second kappa shape index (κ2) is 8.10. The summed E-state index contributed by atoms with van der Waals surface area (Å²) in [5.41, 5.74) is 0.968. The first-order valence-electron chi connectivity index (χ1n) is 9.84. The van der Waals surface area contributed by atoms with Crippen LogP contribution in [0.1, 0.15) is 37.4 Å². The molecule has 0 saturated carbocycles. The first-order valence-corrected chi connectivity index (χ1v) is 9.84. The normalized spacial score (nSPS) is 25.4. The van der Waals surface area contributed by atoms with Gasteiger partial charge in [0.2, 0.25) is 5.91 Å². The number of piperidine rings is 2. The van der Waals surface area contributed by atoms with Crippen molar-refractivity contribution >= 4 is 11.9 Å². The molecular weight excluding hydrogens is 358 g/mol. The van der Waals surface area contributed by atoms with Gasteiger partial charge in [0.1, 0.15) is 11.9 Å². The minimum atomic E-state index is -0.844. The number of H-pyrrole nitrogens is 1. The zero-order valence-corrected chi connectivity index (χ0v) is 15.7. The van der Waals surface area contributed by atoms with Gasteiger partial charge in [0.25, 0.3) is 0 Å². The number of likely N-dealkylation sites (tertiary alicyclic amines) is 1. The molecule has 3 atom stereocenters. The number of aliphatic carboxylic acids is 1. The van der Waals surface area contributed by atoms with E-state index in [1.165, 1.54) is 0 Å². The molecule has 3 N–H and O–H groups in total. The van der Waals surface area contributed by atoms with E-state index in [0.717, 1.165) is 30.8 Å². The largest absolute Gasteiger partial charge is 0.480 e. The van der Waals surface area contributed by atoms with Crippen molar-refractivity contribution in [2.45, 2.75) is 37.6 Å². The summed E-state index contributed by atoms with van der Waals surface area (Å²) >= 11 is 0. The maximum atomic E-state index is 12.9. The van der Waals surface area contributed by atoms with Crippen molar-refractivity contribution in [2.75, 3.05) is 19.6 Å². The van der Waals surface area contributed by atoms with Crippen LogP contribution in [0.3, 0.4) is 0 Å². The summed E-state index contributed by atoms with van der Waals surface area (Å²) in [7, 11) is 0. The standard InChI is InChI=1S/C20H25N5O3/c26-19(14-8-9-16(20(27)28)21-11-14)25-10-4-7-15(12-25)18-22-17(23-24-18)13-5-2-1-3-6-13/h1-3,5-6,14-16,21H,4,7-12H2,(H,27,28)(H,22,23,24). The third-order valence-electron chi connectivity index (χ3n) is 5.72. The lowest BCUT2D eigenvalue weighted by Crippen LogP contribution is -2.50. The molecule has 2 fully saturated rings. The average Bonchev–Trinajstić information content (AvgIpc) is 3.24. The molecule has 0 aliphatic carbocycles. The number of hydrogen-bond acceptors (Lipinski definition) is 5. The highest BCUT2D eigenvalue weighted by atomic mass is 16.4. The molecule has 0 spiro atoms. The lowest BCUT2D eigenvalue weighted by molar-refractivity contribution is -0.143. The Morgan fingerprint density at radius 3 is 2.68 bits per heavy atom. The van der Waals surface area contributed by atoms with Gasteiger partial charge in [0, 0.05) is 31.1 Å². The van der Waals surface area contributed by atoms with E-state index >= 15 is 0 Å². The highest BCUT2D eigenvalue weighted by molar-refractivity contribution is 5.80. The molecule has 2 saturated heterocycles. The Morgan fingerprint density at radius 2 is 1.96 bits per heavy atom. The number of carbonyl (C=O) groups is 2. The van der Waals surface area contributed by atoms with E-state index in [1.54, 1.807) is 0 Å². The van der Waals surface area contributed by atoms with Crippen LogP contribution in [0.2, 0.25) is 0 Å². The first-order chi connectivity index (χ1) is 13.6. The smallest absolute Gasteiger partial charge is 0.320 e. The monoisotopic (exact) mass is 383 g/mol. The third kappa shape index (κ3) is 3.91. The highest BCUT2D eigenvalue weighted by Gasteiger charge is 2.34. The molecule has 148 valence electrons. The minimum Gasteiger partial charge on any atom is -0.480 e. The molecule has 1 amide bonds. The summed E-state index contributed by atoms with van der Waals surface area (Å²) < 4.78 is 0. The molecular formula is C20H25N5O3. The first kappa shape index (κ1) is 18.6. The fourth-order valence-corrected chi connectivity index (χ4v) is 4.11. The summed E-state index contributed by atoms with van der Waals surface area (Å²) in [5.74, 6) is 0.765. The van der Waals surface area contributed by atoms with Crippen molar-refractivity contribution in [3.8, 4) is 11.4 Å². The van der Waals surface area contributed by atoms with Gasteiger partial charge >= 0.3 is 5.97 Å². The van der Waals surface area contributed by atoms with Crippen molar-refractivity contribution in [2.24, 2.45) is 5.92 Å². The van der Waals surface area contributed by atoms with Crippen molar-refractivity contribution in [3.05, 3.63) is 36.2 Å². The predicted octanol–water partition coefficient (Wildman–Crippen LogP) is 1.63. The van der Waals surface area contributed by atoms with Crippen LogP contribution in [0.25, 0.3) is 11.4 Å². The zero-order chi connectivity index (χ0) is 19.5. The molecule has 2 aromatic rings. The molecule has 4 rings (SSSR count). The lowest BCUT2D eigenvalue weighted by atomic mass is 9.91. The summed E-state index contributed by atoms with van der Waals surface area (Å²) in [6, 6.07) is 9.29. The van der Waals surface area contributed by atoms with Gasteiger partial charge in [-0.05, 0) is 25.7 Å². The van der Waals surface area contributed by atoms with Gasteiger partial charge in [-0.15, -0.1) is 0 Å². The molecule has 1 aromatic carbocycles. The molecule has 8 nitrogen and oxygen atoms in total. The average molecular weight is 383 g/mol. The number of aromatic amines is 1. The quantitative estimate of drug-likeness (QED) is 0.740. The number of benzene rings is 1. The Kier molecular flexibility index (Phi) is 5.38. The van der Waals surface area contributed by atoms with Gasteiger partial charge in [-0.1, -0.05) is 30.3 Å². The molecule has 8 heteroatoms. The van der Waals surface area contributed by atoms with Gasteiger partial charge in [0.05, 0.1) is 5.92 Å². The topological polar surface area (TPSA) is 111 Å². The van der Waals surface area contributed by atoms with Crippen molar-refractivity contribution in [1.29, 1.82) is 0 Å². The Bertz CT molecular complexity index is 829. The fourth-order valence-electron chi connectivity index (χ4n) is 4.11. The maximum Gasteiger partial charge on any atom is 0.320 e. The van der Waals surface area contributed by atoms with E-state index in [9.17, 15) is 9.59 Å². The summed E-state index contributed by atoms with van der Waals surface area (Å²) in [4.78, 5) is 30.6. The predicted molar refractivity (Wildman–Crippen MR) is 103 cm³/mol. The van der Waals surface area contributed by atoms with E-state index in [-0.39, 0.29) is 17.7 Å². The zero-order valence-electron chi connectivity index (χ0n) is 15.7. The SMILES string of the molecule is O=C(O)C1CCC(C(=O)N2CCCC(c3nc(-c4ccccc4)n[nH]3)C2)CN1. The van der Waals surface area contributed by atoms with Crippen LogP contribution in [-0.4, -0.2) is 62.7 Å². The van der Waals surface area contributed by atoms with E-state index in [2.05, 4.69) is 20.5 Å². The van der Waals surface area contributed by atoms with Gasteiger partial charge in [0.15, 0.2) is 5.82 Å². The maximum absolute atomic E-state index is 12.9. The number of nitrogens with one attached hydrogen (secondary N) is 2. The number of nitrogens with zero attached hydrogens (tertiary/aromatic N) is 3. The van der Waals surface area contributed by atoms with Gasteiger partial charge in [-0.3, -0.25) is 14.7 Å². The second-order valence-electron chi connectivity index (χ2n) is 7.61. The molecule has 1 aromatic heterocycles. The molecule has 0 radical (unpaired) electrons.